The molecule has 1 fully saturated rings. The molecule has 0 spiro atoms. The number of carbonyl (C=O) groups is 1. The number of ether oxygens (including phenoxy) is 1. The van der Waals surface area contributed by atoms with E-state index in [1.807, 2.05) is 24.9 Å². The topological polar surface area (TPSA) is 73.4 Å². The Morgan fingerprint density at radius 1 is 1.67 bits per heavy atom. The van der Waals surface area contributed by atoms with Crippen molar-refractivity contribution in [2.24, 2.45) is 12.8 Å². The Kier molecular flexibility index (Phi) is 3.41. The van der Waals surface area contributed by atoms with E-state index in [9.17, 15) is 4.79 Å². The molecule has 1 aromatic rings. The molecule has 18 heavy (non-hydrogen) atoms. The van der Waals surface area contributed by atoms with Gasteiger partial charge in [-0.25, -0.2) is 0 Å². The van der Waals surface area contributed by atoms with Gasteiger partial charge in [-0.1, -0.05) is 0 Å². The zero-order valence-electron chi connectivity index (χ0n) is 11.1. The van der Waals surface area contributed by atoms with E-state index in [1.54, 1.807) is 6.92 Å². The fourth-order valence-corrected chi connectivity index (χ4v) is 2.18. The average molecular weight is 252 g/mol. The predicted octanol–water partition coefficient (Wildman–Crippen LogP) is -0.195. The van der Waals surface area contributed by atoms with Crippen molar-refractivity contribution >= 4 is 5.91 Å². The normalized spacial score (nSPS) is 25.3. The quantitative estimate of drug-likeness (QED) is 0.809. The Hall–Kier alpha value is -1.40. The first-order valence-electron chi connectivity index (χ1n) is 6.06. The lowest BCUT2D eigenvalue weighted by Gasteiger charge is -2.38. The SMILES string of the molecule is Cc1c(CN2CCOC(C)(C(N)=O)C2)cnn1C. The van der Waals surface area contributed by atoms with Gasteiger partial charge >= 0.3 is 0 Å². The Morgan fingerprint density at radius 3 is 2.94 bits per heavy atom. The fourth-order valence-electron chi connectivity index (χ4n) is 2.18. The number of aryl methyl sites for hydroxylation is 1. The van der Waals surface area contributed by atoms with Gasteiger partial charge in [-0.05, 0) is 13.8 Å². The van der Waals surface area contributed by atoms with E-state index in [4.69, 9.17) is 10.5 Å². The number of hydrogen-bond donors (Lipinski definition) is 1. The minimum absolute atomic E-state index is 0.407. The average Bonchev–Trinajstić information content (AvgIpc) is 2.61. The zero-order chi connectivity index (χ0) is 13.3. The largest absolute Gasteiger partial charge is 0.367 e. The van der Waals surface area contributed by atoms with Crippen molar-refractivity contribution in [2.75, 3.05) is 19.7 Å². The third-order valence-electron chi connectivity index (χ3n) is 3.61. The van der Waals surface area contributed by atoms with Gasteiger partial charge in [-0.15, -0.1) is 0 Å². The standard InChI is InChI=1S/C12H20N4O2/c1-9-10(6-14-15(9)3)7-16-4-5-18-12(2,8-16)11(13)17/h6H,4-5,7-8H2,1-3H3,(H2,13,17). The summed E-state index contributed by atoms with van der Waals surface area (Å²) in [5, 5.41) is 4.22. The fraction of sp³-hybridized carbons (Fsp3) is 0.667. The van der Waals surface area contributed by atoms with Crippen LogP contribution in [-0.4, -0.2) is 45.9 Å². The first kappa shape index (κ1) is 13.0. The van der Waals surface area contributed by atoms with Gasteiger partial charge in [0.1, 0.15) is 0 Å². The molecule has 1 aromatic heterocycles. The van der Waals surface area contributed by atoms with Gasteiger partial charge in [-0.3, -0.25) is 14.4 Å². The molecular weight excluding hydrogens is 232 g/mol. The second kappa shape index (κ2) is 4.70. The molecule has 1 aliphatic rings. The maximum Gasteiger partial charge on any atom is 0.250 e. The first-order valence-corrected chi connectivity index (χ1v) is 6.06. The molecule has 0 saturated carbocycles. The molecule has 2 N–H and O–H groups in total. The number of nitrogens with two attached hydrogens (primary N) is 1. The minimum Gasteiger partial charge on any atom is -0.367 e. The Labute approximate surface area is 107 Å². The summed E-state index contributed by atoms with van der Waals surface area (Å²) in [5.41, 5.74) is 6.82. The number of hydrogen-bond acceptors (Lipinski definition) is 4. The van der Waals surface area contributed by atoms with Gasteiger partial charge in [0.2, 0.25) is 0 Å². The highest BCUT2D eigenvalue weighted by atomic mass is 16.5. The van der Waals surface area contributed by atoms with Crippen LogP contribution in [0.5, 0.6) is 0 Å². The molecule has 100 valence electrons. The summed E-state index contributed by atoms with van der Waals surface area (Å²) in [4.78, 5) is 13.6. The summed E-state index contributed by atoms with van der Waals surface area (Å²) < 4.78 is 7.34. The molecule has 1 amide bonds. The number of aromatic nitrogens is 2. The van der Waals surface area contributed by atoms with Gasteiger partial charge in [0.15, 0.2) is 5.60 Å². The first-order chi connectivity index (χ1) is 8.42. The van der Waals surface area contributed by atoms with E-state index in [2.05, 4.69) is 10.00 Å². The molecule has 0 bridgehead atoms. The van der Waals surface area contributed by atoms with Gasteiger partial charge in [0.25, 0.3) is 5.91 Å². The third-order valence-corrected chi connectivity index (χ3v) is 3.61. The molecule has 1 aliphatic heterocycles. The lowest BCUT2D eigenvalue weighted by atomic mass is 10.0. The van der Waals surface area contributed by atoms with Gasteiger partial charge in [0.05, 0.1) is 12.8 Å². The van der Waals surface area contributed by atoms with Crippen LogP contribution >= 0.6 is 0 Å². The summed E-state index contributed by atoms with van der Waals surface area (Å²) in [5.74, 6) is -0.407. The summed E-state index contributed by atoms with van der Waals surface area (Å²) in [7, 11) is 1.92. The maximum atomic E-state index is 11.4. The van der Waals surface area contributed by atoms with Crippen LogP contribution in [0.2, 0.25) is 0 Å². The van der Waals surface area contributed by atoms with E-state index >= 15 is 0 Å². The van der Waals surface area contributed by atoms with E-state index in [1.165, 1.54) is 5.56 Å². The van der Waals surface area contributed by atoms with Crippen LogP contribution in [0.4, 0.5) is 0 Å². The molecule has 0 aromatic carbocycles. The number of nitrogens with zero attached hydrogens (tertiary/aromatic N) is 3. The van der Waals surface area contributed by atoms with Crippen LogP contribution in [0, 0.1) is 6.92 Å². The molecule has 0 radical (unpaired) electrons. The van der Waals surface area contributed by atoms with Crippen molar-refractivity contribution in [3.8, 4) is 0 Å². The lowest BCUT2D eigenvalue weighted by Crippen LogP contribution is -2.56. The second-order valence-electron chi connectivity index (χ2n) is 5.03. The molecule has 1 atom stereocenters. The summed E-state index contributed by atoms with van der Waals surface area (Å²) in [6, 6.07) is 0. The van der Waals surface area contributed by atoms with E-state index in [0.29, 0.717) is 13.2 Å². The van der Waals surface area contributed by atoms with Crippen LogP contribution in [0.1, 0.15) is 18.2 Å². The lowest BCUT2D eigenvalue weighted by molar-refractivity contribution is -0.153. The highest BCUT2D eigenvalue weighted by Crippen LogP contribution is 2.19. The Balaban J connectivity index is 2.06. The van der Waals surface area contributed by atoms with Crippen molar-refractivity contribution < 1.29 is 9.53 Å². The number of primary amides is 1. The van der Waals surface area contributed by atoms with Crippen LogP contribution in [0.3, 0.4) is 0 Å². The molecule has 1 saturated heterocycles. The Morgan fingerprint density at radius 2 is 2.39 bits per heavy atom. The summed E-state index contributed by atoms with van der Waals surface area (Å²) in [6.45, 7) is 6.41. The van der Waals surface area contributed by atoms with Crippen molar-refractivity contribution in [1.29, 1.82) is 0 Å². The predicted molar refractivity (Wildman–Crippen MR) is 66.8 cm³/mol. The van der Waals surface area contributed by atoms with Gasteiger partial charge in [0, 0.05) is 37.9 Å². The molecule has 6 nitrogen and oxygen atoms in total. The maximum absolute atomic E-state index is 11.4. The molecule has 2 rings (SSSR count). The van der Waals surface area contributed by atoms with E-state index in [-0.39, 0.29) is 0 Å². The summed E-state index contributed by atoms with van der Waals surface area (Å²) in [6.07, 6.45) is 1.87. The number of carbonyl (C=O) groups excluding carboxylic acids is 1. The van der Waals surface area contributed by atoms with Crippen molar-refractivity contribution in [3.05, 3.63) is 17.5 Å². The second-order valence-corrected chi connectivity index (χ2v) is 5.03. The highest BCUT2D eigenvalue weighted by molar-refractivity contribution is 5.83. The molecule has 0 aliphatic carbocycles. The number of morpholine rings is 1. The number of amides is 1. The van der Waals surface area contributed by atoms with Crippen LogP contribution in [0.15, 0.2) is 6.20 Å². The monoisotopic (exact) mass is 252 g/mol. The van der Waals surface area contributed by atoms with E-state index < -0.39 is 11.5 Å². The van der Waals surface area contributed by atoms with Crippen molar-refractivity contribution in [1.82, 2.24) is 14.7 Å². The highest BCUT2D eigenvalue weighted by Gasteiger charge is 2.37. The molecule has 1 unspecified atom stereocenters. The number of rotatable bonds is 3. The van der Waals surface area contributed by atoms with Crippen LogP contribution in [0.25, 0.3) is 0 Å². The Bertz CT molecular complexity index is 457. The van der Waals surface area contributed by atoms with Crippen molar-refractivity contribution in [2.45, 2.75) is 26.0 Å². The zero-order valence-corrected chi connectivity index (χ0v) is 11.1. The van der Waals surface area contributed by atoms with Crippen molar-refractivity contribution in [3.63, 3.8) is 0 Å². The minimum atomic E-state index is -0.881. The van der Waals surface area contributed by atoms with E-state index in [0.717, 1.165) is 18.8 Å². The molecule has 6 heteroatoms. The molecule has 2 heterocycles. The van der Waals surface area contributed by atoms with Gasteiger partial charge < -0.3 is 10.5 Å². The molecular formula is C12H20N4O2. The smallest absolute Gasteiger partial charge is 0.250 e. The van der Waals surface area contributed by atoms with Crippen LogP contribution in [-0.2, 0) is 23.1 Å². The summed E-state index contributed by atoms with van der Waals surface area (Å²) >= 11 is 0. The van der Waals surface area contributed by atoms with Crippen LogP contribution < -0.4 is 5.73 Å². The van der Waals surface area contributed by atoms with Gasteiger partial charge in [-0.2, -0.15) is 5.10 Å². The third kappa shape index (κ3) is 2.39.